The van der Waals surface area contributed by atoms with E-state index in [0.29, 0.717) is 37.8 Å². The summed E-state index contributed by atoms with van der Waals surface area (Å²) in [5, 5.41) is 0.965. The Balaban J connectivity index is 1.89. The molecular weight excluding hydrogens is 381 g/mol. The summed E-state index contributed by atoms with van der Waals surface area (Å²) in [4.78, 5) is 17.6. The number of allylic oxidation sites excluding steroid dienone is 1. The molecule has 4 rings (SSSR count). The Morgan fingerprint density at radius 1 is 0.926 bits per heavy atom. The van der Waals surface area contributed by atoms with Crippen LogP contribution in [0.3, 0.4) is 0 Å². The zero-order valence-electron chi connectivity index (χ0n) is 14.0. The summed E-state index contributed by atoms with van der Waals surface area (Å²) < 4.78 is 5.84. The molecule has 4 aromatic rings. The number of fused-ring (bicyclic) bond motifs is 1. The van der Waals surface area contributed by atoms with Crippen molar-refractivity contribution in [2.45, 2.75) is 0 Å². The first kappa shape index (κ1) is 17.5. The van der Waals surface area contributed by atoms with Gasteiger partial charge in [0, 0.05) is 15.6 Å². The van der Waals surface area contributed by atoms with Crippen LogP contribution < -0.4 is 0 Å². The molecule has 3 aromatic carbocycles. The molecule has 0 amide bonds. The van der Waals surface area contributed by atoms with Gasteiger partial charge in [-0.1, -0.05) is 71.7 Å². The fourth-order valence-electron chi connectivity index (χ4n) is 2.73. The van der Waals surface area contributed by atoms with Crippen LogP contribution in [0.2, 0.25) is 10.0 Å². The Bertz CT molecular complexity index is 1130. The first-order chi connectivity index (χ1) is 13.1. The molecule has 5 heteroatoms. The van der Waals surface area contributed by atoms with Crippen molar-refractivity contribution in [3.8, 4) is 0 Å². The van der Waals surface area contributed by atoms with E-state index < -0.39 is 0 Å². The molecule has 0 spiro atoms. The number of carbonyl (C=O) groups excluding carboxylic acids is 1. The Morgan fingerprint density at radius 2 is 1.67 bits per heavy atom. The molecule has 1 heterocycles. The van der Waals surface area contributed by atoms with E-state index in [4.69, 9.17) is 27.6 Å². The Kier molecular flexibility index (Phi) is 4.80. The predicted octanol–water partition coefficient (Wildman–Crippen LogP) is 6.56. The molecule has 0 unspecified atom stereocenters. The maximum atomic E-state index is 13.2. The normalized spacial score (nSPS) is 11.7. The number of aromatic nitrogens is 1. The van der Waals surface area contributed by atoms with Gasteiger partial charge in [0.2, 0.25) is 5.89 Å². The number of para-hydroxylation sites is 2. The lowest BCUT2D eigenvalue weighted by Gasteiger charge is -2.05. The van der Waals surface area contributed by atoms with E-state index in [1.54, 1.807) is 36.4 Å². The van der Waals surface area contributed by atoms with Gasteiger partial charge in [0.25, 0.3) is 0 Å². The highest BCUT2D eigenvalue weighted by atomic mass is 35.5. The van der Waals surface area contributed by atoms with E-state index in [0.717, 1.165) is 0 Å². The van der Waals surface area contributed by atoms with Crippen molar-refractivity contribution in [1.29, 1.82) is 0 Å². The Morgan fingerprint density at radius 3 is 2.41 bits per heavy atom. The standard InChI is InChI=1S/C22H13Cl2NO2/c23-16-11-10-15(18(24)13-16)12-17(21(26)14-6-2-1-3-7-14)22-25-19-8-4-5-9-20(19)27-22/h1-13H/b17-12+. The van der Waals surface area contributed by atoms with E-state index in [1.807, 2.05) is 42.5 Å². The molecular formula is C22H13Cl2NO2. The summed E-state index contributed by atoms with van der Waals surface area (Å²) in [6.45, 7) is 0. The van der Waals surface area contributed by atoms with E-state index in [2.05, 4.69) is 4.98 Å². The average molecular weight is 394 g/mol. The summed E-state index contributed by atoms with van der Waals surface area (Å²) >= 11 is 12.3. The monoisotopic (exact) mass is 393 g/mol. The number of hydrogen-bond donors (Lipinski definition) is 0. The van der Waals surface area contributed by atoms with Gasteiger partial charge in [0.05, 0.1) is 5.57 Å². The molecule has 0 bridgehead atoms. The molecule has 1 aromatic heterocycles. The van der Waals surface area contributed by atoms with Crippen LogP contribution in [0.5, 0.6) is 0 Å². The zero-order chi connectivity index (χ0) is 18.8. The number of benzene rings is 3. The van der Waals surface area contributed by atoms with Crippen molar-refractivity contribution in [2.75, 3.05) is 0 Å². The van der Waals surface area contributed by atoms with Gasteiger partial charge < -0.3 is 4.42 Å². The smallest absolute Gasteiger partial charge is 0.231 e. The van der Waals surface area contributed by atoms with Crippen LogP contribution in [0.4, 0.5) is 0 Å². The number of rotatable bonds is 4. The Hall–Kier alpha value is -2.88. The minimum absolute atomic E-state index is 0.201. The van der Waals surface area contributed by atoms with Crippen molar-refractivity contribution < 1.29 is 9.21 Å². The molecule has 0 aliphatic carbocycles. The number of halogens is 2. The number of hydrogen-bond acceptors (Lipinski definition) is 3. The van der Waals surface area contributed by atoms with E-state index in [-0.39, 0.29) is 11.7 Å². The van der Waals surface area contributed by atoms with Crippen molar-refractivity contribution in [2.24, 2.45) is 0 Å². The van der Waals surface area contributed by atoms with Crippen molar-refractivity contribution in [1.82, 2.24) is 4.98 Å². The van der Waals surface area contributed by atoms with Gasteiger partial charge in [-0.2, -0.15) is 0 Å². The summed E-state index contributed by atoms with van der Waals surface area (Å²) in [5.41, 5.74) is 2.81. The van der Waals surface area contributed by atoms with Crippen LogP contribution in [0.1, 0.15) is 21.8 Å². The maximum absolute atomic E-state index is 13.2. The fourth-order valence-corrected chi connectivity index (χ4v) is 3.19. The van der Waals surface area contributed by atoms with Crippen LogP contribution in [0.15, 0.2) is 77.2 Å². The second kappa shape index (κ2) is 7.39. The van der Waals surface area contributed by atoms with Gasteiger partial charge in [-0.25, -0.2) is 4.98 Å². The van der Waals surface area contributed by atoms with Gasteiger partial charge in [0.15, 0.2) is 11.4 Å². The molecule has 132 valence electrons. The molecule has 0 saturated carbocycles. The first-order valence-corrected chi connectivity index (χ1v) is 9.00. The van der Waals surface area contributed by atoms with Crippen LogP contribution in [0, 0.1) is 0 Å². The second-order valence-electron chi connectivity index (χ2n) is 5.91. The number of carbonyl (C=O) groups is 1. The highest BCUT2D eigenvalue weighted by Crippen LogP contribution is 2.29. The maximum Gasteiger partial charge on any atom is 0.231 e. The molecule has 3 nitrogen and oxygen atoms in total. The fraction of sp³-hybridized carbons (Fsp3) is 0. The van der Waals surface area contributed by atoms with Crippen molar-refractivity contribution >= 4 is 51.7 Å². The number of Topliss-reactive ketones (excluding diaryl/α,β-unsaturated/α-hetero) is 1. The second-order valence-corrected chi connectivity index (χ2v) is 6.75. The lowest BCUT2D eigenvalue weighted by Crippen LogP contribution is -2.03. The number of oxazole rings is 1. The molecule has 0 saturated heterocycles. The SMILES string of the molecule is O=C(/C(=C\c1ccc(Cl)cc1Cl)c1nc2ccccc2o1)c1ccccc1. The highest BCUT2D eigenvalue weighted by molar-refractivity contribution is 6.37. The highest BCUT2D eigenvalue weighted by Gasteiger charge is 2.20. The molecule has 0 fully saturated rings. The third-order valence-electron chi connectivity index (χ3n) is 4.07. The zero-order valence-corrected chi connectivity index (χ0v) is 15.5. The lowest BCUT2D eigenvalue weighted by atomic mass is 10.0. The van der Waals surface area contributed by atoms with Gasteiger partial charge in [-0.3, -0.25) is 4.79 Å². The molecule has 0 aliphatic heterocycles. The van der Waals surface area contributed by atoms with Gasteiger partial charge in [-0.05, 0) is 35.9 Å². The molecule has 0 radical (unpaired) electrons. The van der Waals surface area contributed by atoms with E-state index in [1.165, 1.54) is 0 Å². The Labute approximate surface area is 165 Å². The number of ketones is 1. The summed E-state index contributed by atoms with van der Waals surface area (Å²) in [6, 6.07) is 21.5. The van der Waals surface area contributed by atoms with Crippen LogP contribution in [-0.4, -0.2) is 10.8 Å². The average Bonchev–Trinajstić information content (AvgIpc) is 3.11. The number of nitrogens with zero attached hydrogens (tertiary/aromatic N) is 1. The first-order valence-electron chi connectivity index (χ1n) is 8.24. The molecule has 0 atom stereocenters. The molecule has 27 heavy (non-hydrogen) atoms. The van der Waals surface area contributed by atoms with Crippen LogP contribution >= 0.6 is 23.2 Å². The predicted molar refractivity (Wildman–Crippen MR) is 109 cm³/mol. The minimum atomic E-state index is -0.201. The summed E-state index contributed by atoms with van der Waals surface area (Å²) in [5.74, 6) is 0.0456. The third-order valence-corrected chi connectivity index (χ3v) is 4.63. The van der Waals surface area contributed by atoms with Crippen molar-refractivity contribution in [3.05, 3.63) is 99.9 Å². The van der Waals surface area contributed by atoms with Gasteiger partial charge in [-0.15, -0.1) is 0 Å². The summed E-state index contributed by atoms with van der Waals surface area (Å²) in [6.07, 6.45) is 1.68. The minimum Gasteiger partial charge on any atom is -0.436 e. The molecule has 0 N–H and O–H groups in total. The molecule has 0 aliphatic rings. The van der Waals surface area contributed by atoms with Gasteiger partial charge in [0.1, 0.15) is 5.52 Å². The van der Waals surface area contributed by atoms with E-state index in [9.17, 15) is 4.79 Å². The summed E-state index contributed by atoms with van der Waals surface area (Å²) in [7, 11) is 0. The lowest BCUT2D eigenvalue weighted by molar-refractivity contribution is 0.105. The van der Waals surface area contributed by atoms with Crippen molar-refractivity contribution in [3.63, 3.8) is 0 Å². The third kappa shape index (κ3) is 3.65. The van der Waals surface area contributed by atoms with Crippen LogP contribution in [0.25, 0.3) is 22.7 Å². The topological polar surface area (TPSA) is 43.1 Å². The van der Waals surface area contributed by atoms with E-state index >= 15 is 0 Å². The largest absolute Gasteiger partial charge is 0.436 e. The van der Waals surface area contributed by atoms with Crippen LogP contribution in [-0.2, 0) is 0 Å². The quantitative estimate of drug-likeness (QED) is 0.291. The van der Waals surface area contributed by atoms with Gasteiger partial charge >= 0.3 is 0 Å².